The average molecular weight is 279 g/mol. The Hall–Kier alpha value is -2.01. The van der Waals surface area contributed by atoms with Gasteiger partial charge in [0, 0.05) is 17.7 Å². The molecule has 2 rings (SSSR count). The van der Waals surface area contributed by atoms with Crippen LogP contribution in [0.3, 0.4) is 0 Å². The van der Waals surface area contributed by atoms with Crippen LogP contribution in [0.4, 0.5) is 8.78 Å². The second kappa shape index (κ2) is 5.96. The van der Waals surface area contributed by atoms with Crippen molar-refractivity contribution in [3.8, 4) is 0 Å². The van der Waals surface area contributed by atoms with E-state index in [2.05, 4.69) is 0 Å². The van der Waals surface area contributed by atoms with E-state index in [4.69, 9.17) is 4.42 Å². The smallest absolute Gasteiger partial charge is 0.179 e. The Kier molecular flexibility index (Phi) is 4.29. The van der Waals surface area contributed by atoms with E-state index in [0.717, 1.165) is 17.7 Å². The van der Waals surface area contributed by atoms with Crippen molar-refractivity contribution in [3.63, 3.8) is 0 Å². The van der Waals surface area contributed by atoms with Gasteiger partial charge in [0.15, 0.2) is 17.4 Å². The van der Waals surface area contributed by atoms with Crippen molar-refractivity contribution >= 4 is 5.78 Å². The molecule has 2 aromatic rings. The first-order valence-corrected chi connectivity index (χ1v) is 6.19. The molecule has 0 aliphatic carbocycles. The van der Waals surface area contributed by atoms with Gasteiger partial charge in [0.05, 0.1) is 18.6 Å². The first kappa shape index (κ1) is 14.4. The number of benzene rings is 1. The molecule has 1 atom stereocenters. The molecule has 1 heterocycles. The summed E-state index contributed by atoms with van der Waals surface area (Å²) in [5.41, 5.74) is 1.10. The molecule has 0 spiro atoms. The zero-order valence-corrected chi connectivity index (χ0v) is 11.3. The highest BCUT2D eigenvalue weighted by atomic mass is 19.2. The van der Waals surface area contributed by atoms with E-state index in [1.54, 1.807) is 26.5 Å². The topological polar surface area (TPSA) is 33.5 Å². The van der Waals surface area contributed by atoms with Crippen molar-refractivity contribution in [2.45, 2.75) is 19.5 Å². The van der Waals surface area contributed by atoms with Gasteiger partial charge in [-0.15, -0.1) is 0 Å². The third-order valence-electron chi connectivity index (χ3n) is 3.26. The molecule has 1 aromatic heterocycles. The fourth-order valence-electron chi connectivity index (χ4n) is 1.90. The number of nitrogens with zero attached hydrogens (tertiary/aromatic N) is 1. The molecule has 0 aliphatic rings. The number of Topliss-reactive ketones (excluding diaryl/α,β-unsaturated/α-hetero) is 1. The van der Waals surface area contributed by atoms with Gasteiger partial charge < -0.3 is 4.42 Å². The largest absolute Gasteiger partial charge is 0.472 e. The lowest BCUT2D eigenvalue weighted by Crippen LogP contribution is -2.35. The summed E-state index contributed by atoms with van der Waals surface area (Å²) in [6.07, 6.45) is 3.16. The Morgan fingerprint density at radius 1 is 1.30 bits per heavy atom. The minimum Gasteiger partial charge on any atom is -0.472 e. The minimum atomic E-state index is -1.01. The SMILES string of the molecule is CC(C(=O)c1ccc(F)c(F)c1)N(C)Cc1ccoc1. The molecule has 5 heteroatoms. The summed E-state index contributed by atoms with van der Waals surface area (Å²) in [5.74, 6) is -2.23. The zero-order chi connectivity index (χ0) is 14.7. The normalized spacial score (nSPS) is 12.7. The van der Waals surface area contributed by atoms with Gasteiger partial charge in [-0.3, -0.25) is 9.69 Å². The maximum absolute atomic E-state index is 13.2. The van der Waals surface area contributed by atoms with Gasteiger partial charge in [0.25, 0.3) is 0 Å². The maximum atomic E-state index is 13.2. The average Bonchev–Trinajstić information content (AvgIpc) is 2.93. The summed E-state index contributed by atoms with van der Waals surface area (Å²) in [6.45, 7) is 2.26. The molecule has 0 aliphatic heterocycles. The molecule has 0 saturated carbocycles. The van der Waals surface area contributed by atoms with Crippen molar-refractivity contribution < 1.29 is 18.0 Å². The Bertz CT molecular complexity index is 596. The van der Waals surface area contributed by atoms with Gasteiger partial charge in [-0.25, -0.2) is 8.78 Å². The molecule has 0 amide bonds. The first-order valence-electron chi connectivity index (χ1n) is 6.19. The van der Waals surface area contributed by atoms with Gasteiger partial charge in [0.2, 0.25) is 0 Å². The van der Waals surface area contributed by atoms with E-state index in [1.807, 2.05) is 11.0 Å². The van der Waals surface area contributed by atoms with Crippen LogP contribution in [-0.2, 0) is 6.54 Å². The number of ketones is 1. The van der Waals surface area contributed by atoms with Gasteiger partial charge in [-0.1, -0.05) is 0 Å². The maximum Gasteiger partial charge on any atom is 0.179 e. The molecule has 0 saturated heterocycles. The summed E-state index contributed by atoms with van der Waals surface area (Å²) in [6, 6.07) is 4.55. The van der Waals surface area contributed by atoms with Crippen LogP contribution in [0.1, 0.15) is 22.8 Å². The quantitative estimate of drug-likeness (QED) is 0.788. The highest BCUT2D eigenvalue weighted by molar-refractivity contribution is 5.99. The van der Waals surface area contributed by atoms with Gasteiger partial charge >= 0.3 is 0 Å². The highest BCUT2D eigenvalue weighted by Crippen LogP contribution is 2.14. The standard InChI is InChI=1S/C15H15F2NO2/c1-10(18(2)8-11-5-6-20-9-11)15(19)12-3-4-13(16)14(17)7-12/h3-7,9-10H,8H2,1-2H3. The molecule has 1 unspecified atom stereocenters. The van der Waals surface area contributed by atoms with Crippen molar-refractivity contribution in [1.82, 2.24) is 4.90 Å². The number of furan rings is 1. The molecular formula is C15H15F2NO2. The predicted molar refractivity (Wildman–Crippen MR) is 70.3 cm³/mol. The first-order chi connectivity index (χ1) is 9.49. The Morgan fingerprint density at radius 2 is 2.05 bits per heavy atom. The number of carbonyl (C=O) groups is 1. The third-order valence-corrected chi connectivity index (χ3v) is 3.26. The third kappa shape index (κ3) is 3.11. The van der Waals surface area contributed by atoms with Crippen LogP contribution in [0.2, 0.25) is 0 Å². The van der Waals surface area contributed by atoms with Crippen LogP contribution in [0.25, 0.3) is 0 Å². The van der Waals surface area contributed by atoms with Crippen LogP contribution in [0, 0.1) is 11.6 Å². The minimum absolute atomic E-state index is 0.162. The van der Waals surface area contributed by atoms with Crippen molar-refractivity contribution in [2.24, 2.45) is 0 Å². The van der Waals surface area contributed by atoms with Crippen LogP contribution < -0.4 is 0 Å². The fraction of sp³-hybridized carbons (Fsp3) is 0.267. The van der Waals surface area contributed by atoms with Gasteiger partial charge in [-0.2, -0.15) is 0 Å². The van der Waals surface area contributed by atoms with Crippen molar-refractivity contribution in [3.05, 3.63) is 59.6 Å². The van der Waals surface area contributed by atoms with Gasteiger partial charge in [0.1, 0.15) is 0 Å². The molecule has 0 N–H and O–H groups in total. The zero-order valence-electron chi connectivity index (χ0n) is 11.3. The number of carbonyl (C=O) groups excluding carboxylic acids is 1. The second-order valence-corrected chi connectivity index (χ2v) is 4.72. The van der Waals surface area contributed by atoms with E-state index < -0.39 is 17.7 Å². The number of likely N-dealkylation sites (N-methyl/N-ethyl adjacent to an activating group) is 1. The second-order valence-electron chi connectivity index (χ2n) is 4.72. The number of rotatable bonds is 5. The highest BCUT2D eigenvalue weighted by Gasteiger charge is 2.21. The van der Waals surface area contributed by atoms with Crippen molar-refractivity contribution in [2.75, 3.05) is 7.05 Å². The van der Waals surface area contributed by atoms with E-state index in [-0.39, 0.29) is 11.3 Å². The number of hydrogen-bond acceptors (Lipinski definition) is 3. The monoisotopic (exact) mass is 279 g/mol. The molecule has 1 aromatic carbocycles. The Balaban J connectivity index is 2.09. The Labute approximate surface area is 115 Å². The number of hydrogen-bond donors (Lipinski definition) is 0. The summed E-state index contributed by atoms with van der Waals surface area (Å²) in [5, 5.41) is 0. The summed E-state index contributed by atoms with van der Waals surface area (Å²) < 4.78 is 31.0. The van der Waals surface area contributed by atoms with E-state index in [0.29, 0.717) is 6.54 Å². The summed E-state index contributed by atoms with van der Waals surface area (Å²) in [4.78, 5) is 14.0. The fourth-order valence-corrected chi connectivity index (χ4v) is 1.90. The van der Waals surface area contributed by atoms with Crippen LogP contribution in [-0.4, -0.2) is 23.8 Å². The van der Waals surface area contributed by atoms with E-state index in [1.165, 1.54) is 6.07 Å². The molecular weight excluding hydrogens is 264 g/mol. The van der Waals surface area contributed by atoms with Crippen LogP contribution in [0.5, 0.6) is 0 Å². The summed E-state index contributed by atoms with van der Waals surface area (Å²) >= 11 is 0. The Morgan fingerprint density at radius 3 is 2.65 bits per heavy atom. The lowest BCUT2D eigenvalue weighted by Gasteiger charge is -2.23. The van der Waals surface area contributed by atoms with Crippen molar-refractivity contribution in [1.29, 1.82) is 0 Å². The lowest BCUT2D eigenvalue weighted by atomic mass is 10.0. The molecule has 3 nitrogen and oxygen atoms in total. The molecule has 0 bridgehead atoms. The van der Waals surface area contributed by atoms with Crippen LogP contribution in [0.15, 0.2) is 41.2 Å². The van der Waals surface area contributed by atoms with E-state index >= 15 is 0 Å². The van der Waals surface area contributed by atoms with Gasteiger partial charge in [-0.05, 0) is 38.2 Å². The predicted octanol–water partition coefficient (Wildman–Crippen LogP) is 3.26. The molecule has 106 valence electrons. The molecule has 0 fully saturated rings. The lowest BCUT2D eigenvalue weighted by molar-refractivity contribution is 0.0861. The summed E-state index contributed by atoms with van der Waals surface area (Å²) in [7, 11) is 1.79. The molecule has 0 radical (unpaired) electrons. The number of halogens is 2. The van der Waals surface area contributed by atoms with Crippen LogP contribution >= 0.6 is 0 Å². The van der Waals surface area contributed by atoms with E-state index in [9.17, 15) is 13.6 Å². The molecule has 20 heavy (non-hydrogen) atoms.